The van der Waals surface area contributed by atoms with Crippen LogP contribution in [0, 0.1) is 5.82 Å². The van der Waals surface area contributed by atoms with E-state index >= 15 is 0 Å². The summed E-state index contributed by atoms with van der Waals surface area (Å²) in [5.41, 5.74) is -1.55. The molecule has 0 atom stereocenters. The van der Waals surface area contributed by atoms with Crippen molar-refractivity contribution < 1.29 is 19.0 Å². The first-order valence-corrected chi connectivity index (χ1v) is 4.10. The van der Waals surface area contributed by atoms with Gasteiger partial charge in [-0.2, -0.15) is 0 Å². The lowest BCUT2D eigenvalue weighted by atomic mass is 10.1. The third-order valence-electron chi connectivity index (χ3n) is 1.52. The molecule has 3 nitrogen and oxygen atoms in total. The molecule has 0 heterocycles. The Hall–Kier alpha value is -1.42. The van der Waals surface area contributed by atoms with Crippen LogP contribution in [0.25, 0.3) is 0 Å². The highest BCUT2D eigenvalue weighted by molar-refractivity contribution is 5.80. The molecule has 0 aliphatic rings. The molecule has 76 valence electrons. The van der Waals surface area contributed by atoms with Crippen LogP contribution in [-0.2, 0) is 4.79 Å². The molecule has 0 aromatic heterocycles. The van der Waals surface area contributed by atoms with Crippen LogP contribution in [-0.4, -0.2) is 16.7 Å². The van der Waals surface area contributed by atoms with Crippen LogP contribution < -0.4 is 4.74 Å². The lowest BCUT2D eigenvalue weighted by Gasteiger charge is -2.14. The molecule has 0 fully saturated rings. The van der Waals surface area contributed by atoms with Crippen molar-refractivity contribution in [3.63, 3.8) is 0 Å². The number of aliphatic hydroxyl groups is 1. The normalized spacial score (nSPS) is 11.1. The predicted octanol–water partition coefficient (Wildman–Crippen LogP) is 1.50. The summed E-state index contributed by atoms with van der Waals surface area (Å²) < 4.78 is 17.2. The summed E-state index contributed by atoms with van der Waals surface area (Å²) in [5, 5.41) is 9.25. The van der Waals surface area contributed by atoms with Crippen molar-refractivity contribution in [1.29, 1.82) is 0 Å². The van der Waals surface area contributed by atoms with E-state index in [1.54, 1.807) is 0 Å². The van der Waals surface area contributed by atoms with Gasteiger partial charge in [0.1, 0.15) is 11.6 Å². The molecule has 0 amide bonds. The molecule has 14 heavy (non-hydrogen) atoms. The maximum Gasteiger partial charge on any atom is 0.342 e. The summed E-state index contributed by atoms with van der Waals surface area (Å²) in [6.07, 6.45) is 0. The fraction of sp³-hybridized carbons (Fsp3) is 0.300. The second-order valence-corrected chi connectivity index (χ2v) is 3.40. The molecule has 0 spiro atoms. The van der Waals surface area contributed by atoms with Crippen molar-refractivity contribution >= 4 is 5.97 Å². The van der Waals surface area contributed by atoms with Gasteiger partial charge in [0.15, 0.2) is 5.60 Å². The highest BCUT2D eigenvalue weighted by Gasteiger charge is 2.26. The first-order chi connectivity index (χ1) is 6.39. The third-order valence-corrected chi connectivity index (χ3v) is 1.52. The number of esters is 1. The van der Waals surface area contributed by atoms with E-state index in [0.29, 0.717) is 0 Å². The van der Waals surface area contributed by atoms with E-state index in [2.05, 4.69) is 0 Å². The maximum absolute atomic E-state index is 12.5. The van der Waals surface area contributed by atoms with Gasteiger partial charge < -0.3 is 9.84 Å². The fourth-order valence-corrected chi connectivity index (χ4v) is 0.735. The van der Waals surface area contributed by atoms with Crippen molar-refractivity contribution in [1.82, 2.24) is 0 Å². The minimum absolute atomic E-state index is 0.207. The summed E-state index contributed by atoms with van der Waals surface area (Å²) in [4.78, 5) is 11.2. The Balaban J connectivity index is 2.71. The van der Waals surface area contributed by atoms with Crippen molar-refractivity contribution in [3.8, 4) is 5.75 Å². The quantitative estimate of drug-likeness (QED) is 0.578. The average molecular weight is 198 g/mol. The zero-order valence-corrected chi connectivity index (χ0v) is 7.95. The minimum atomic E-state index is -1.55. The Bertz CT molecular complexity index is 324. The first-order valence-electron chi connectivity index (χ1n) is 4.10. The lowest BCUT2D eigenvalue weighted by Crippen LogP contribution is -2.35. The molecular weight excluding hydrogens is 187 g/mol. The second kappa shape index (κ2) is 3.75. The van der Waals surface area contributed by atoms with E-state index < -0.39 is 17.4 Å². The molecule has 0 saturated carbocycles. The summed E-state index contributed by atoms with van der Waals surface area (Å²) in [6.45, 7) is 2.64. The molecule has 0 radical (unpaired) electrons. The summed E-state index contributed by atoms with van der Waals surface area (Å²) in [7, 11) is 0. The van der Waals surface area contributed by atoms with Gasteiger partial charge in [0.2, 0.25) is 0 Å². The van der Waals surface area contributed by atoms with Gasteiger partial charge in [-0.1, -0.05) is 0 Å². The number of benzene rings is 1. The van der Waals surface area contributed by atoms with Crippen molar-refractivity contribution in [3.05, 3.63) is 30.1 Å². The van der Waals surface area contributed by atoms with Gasteiger partial charge in [0, 0.05) is 0 Å². The molecular formula is C10H11FO3. The molecule has 1 N–H and O–H groups in total. The van der Waals surface area contributed by atoms with Gasteiger partial charge in [0.05, 0.1) is 0 Å². The van der Waals surface area contributed by atoms with E-state index in [0.717, 1.165) is 0 Å². The van der Waals surface area contributed by atoms with Gasteiger partial charge in [-0.15, -0.1) is 0 Å². The van der Waals surface area contributed by atoms with E-state index in [9.17, 15) is 14.3 Å². The minimum Gasteiger partial charge on any atom is -0.424 e. The van der Waals surface area contributed by atoms with Gasteiger partial charge in [-0.25, -0.2) is 9.18 Å². The monoisotopic (exact) mass is 198 g/mol. The van der Waals surface area contributed by atoms with Gasteiger partial charge in [-0.05, 0) is 38.1 Å². The van der Waals surface area contributed by atoms with Crippen LogP contribution in [0.4, 0.5) is 4.39 Å². The van der Waals surface area contributed by atoms with Crippen LogP contribution in [0.15, 0.2) is 24.3 Å². The van der Waals surface area contributed by atoms with Crippen LogP contribution in [0.2, 0.25) is 0 Å². The standard InChI is InChI=1S/C10H11FO3/c1-10(2,13)9(12)14-8-5-3-7(11)4-6-8/h3-6,13H,1-2H3. The average Bonchev–Trinajstić information content (AvgIpc) is 2.07. The molecule has 1 rings (SSSR count). The molecule has 4 heteroatoms. The van der Waals surface area contributed by atoms with Gasteiger partial charge in [0.25, 0.3) is 0 Å². The van der Waals surface area contributed by atoms with Crippen LogP contribution in [0.5, 0.6) is 5.75 Å². The number of carbonyl (C=O) groups excluding carboxylic acids is 1. The van der Waals surface area contributed by atoms with E-state index in [-0.39, 0.29) is 5.75 Å². The lowest BCUT2D eigenvalue weighted by molar-refractivity contribution is -0.151. The highest BCUT2D eigenvalue weighted by atomic mass is 19.1. The smallest absolute Gasteiger partial charge is 0.342 e. The first kappa shape index (κ1) is 10.7. The zero-order valence-electron chi connectivity index (χ0n) is 7.95. The SMILES string of the molecule is CC(C)(O)C(=O)Oc1ccc(F)cc1. The Kier molecular flexibility index (Phi) is 2.86. The summed E-state index contributed by atoms with van der Waals surface area (Å²) >= 11 is 0. The number of halogens is 1. The Morgan fingerprint density at radius 3 is 2.29 bits per heavy atom. The largest absolute Gasteiger partial charge is 0.424 e. The summed E-state index contributed by atoms with van der Waals surface area (Å²) in [5.74, 6) is -0.976. The summed E-state index contributed by atoms with van der Waals surface area (Å²) in [6, 6.07) is 4.98. The van der Waals surface area contributed by atoms with E-state index in [1.165, 1.54) is 38.1 Å². The number of rotatable bonds is 2. The number of carbonyl (C=O) groups is 1. The maximum atomic E-state index is 12.5. The number of hydrogen-bond acceptors (Lipinski definition) is 3. The van der Waals surface area contributed by atoms with E-state index in [1.807, 2.05) is 0 Å². The Morgan fingerprint density at radius 1 is 1.36 bits per heavy atom. The molecule has 1 aromatic rings. The van der Waals surface area contributed by atoms with E-state index in [4.69, 9.17) is 4.74 Å². The highest BCUT2D eigenvalue weighted by Crippen LogP contribution is 2.14. The number of hydrogen-bond donors (Lipinski definition) is 1. The van der Waals surface area contributed by atoms with Crippen molar-refractivity contribution in [2.24, 2.45) is 0 Å². The number of ether oxygens (including phenoxy) is 1. The molecule has 0 aliphatic heterocycles. The van der Waals surface area contributed by atoms with Crippen LogP contribution in [0.3, 0.4) is 0 Å². The van der Waals surface area contributed by atoms with Crippen LogP contribution >= 0.6 is 0 Å². The molecule has 0 unspecified atom stereocenters. The Labute approximate surface area is 81.1 Å². The predicted molar refractivity (Wildman–Crippen MR) is 48.3 cm³/mol. The van der Waals surface area contributed by atoms with Gasteiger partial charge in [-0.3, -0.25) is 0 Å². The molecule has 0 aliphatic carbocycles. The third kappa shape index (κ3) is 2.81. The molecule has 1 aromatic carbocycles. The Morgan fingerprint density at radius 2 is 1.86 bits per heavy atom. The van der Waals surface area contributed by atoms with Crippen molar-refractivity contribution in [2.75, 3.05) is 0 Å². The zero-order chi connectivity index (χ0) is 10.8. The molecule has 0 saturated heterocycles. The topological polar surface area (TPSA) is 46.5 Å². The fourth-order valence-electron chi connectivity index (χ4n) is 0.735. The second-order valence-electron chi connectivity index (χ2n) is 3.40. The van der Waals surface area contributed by atoms with Crippen LogP contribution in [0.1, 0.15) is 13.8 Å². The van der Waals surface area contributed by atoms with Crippen molar-refractivity contribution in [2.45, 2.75) is 19.4 Å². The van der Waals surface area contributed by atoms with Gasteiger partial charge >= 0.3 is 5.97 Å². The molecule has 0 bridgehead atoms.